The first-order valence-electron chi connectivity index (χ1n) is 23.1. The Bertz CT molecular complexity index is 2790. The third-order valence-electron chi connectivity index (χ3n) is 14.8. The minimum Gasteiger partial charge on any atom is -0.455 e. The maximum atomic E-state index is 14.0. The average molecular weight is 937 g/mol. The lowest BCUT2D eigenvalue weighted by Gasteiger charge is -2.57. The summed E-state index contributed by atoms with van der Waals surface area (Å²) in [4.78, 5) is 41.4. The van der Waals surface area contributed by atoms with Crippen molar-refractivity contribution in [3.8, 4) is 11.5 Å². The number of rotatable bonds is 13. The number of amides is 1. The SMILES string of the molecule is CC1(O)CCC(CNc2ncc(S(=O)(=O)NC(=O)c3ccc(N4CCC5(CC4)CC(N4CCS(=O)C[C@H]4c4ccccc4C4CC4)C5)cc3Oc3cnc4[nH]ccc4c3)cc2[N+](=O)[O-])CC1. The number of pyridine rings is 2. The fourth-order valence-electron chi connectivity index (χ4n) is 10.7. The minimum atomic E-state index is -4.64. The van der Waals surface area contributed by atoms with Crippen LogP contribution in [0.15, 0.2) is 84.1 Å². The van der Waals surface area contributed by atoms with Crippen molar-refractivity contribution < 1.29 is 32.2 Å². The van der Waals surface area contributed by atoms with Crippen LogP contribution < -0.4 is 19.7 Å². The highest BCUT2D eigenvalue weighted by Gasteiger charge is 2.50. The number of nitrogens with zero attached hydrogens (tertiary/aromatic N) is 5. The number of aromatic nitrogens is 3. The molecule has 2 saturated heterocycles. The Hall–Kier alpha value is -5.43. The number of hydrogen-bond acceptors (Lipinski definition) is 13. The van der Waals surface area contributed by atoms with E-state index in [0.29, 0.717) is 48.5 Å². The zero-order valence-electron chi connectivity index (χ0n) is 37.0. The quantitative estimate of drug-likeness (QED) is 0.0664. The van der Waals surface area contributed by atoms with Crippen molar-refractivity contribution in [3.63, 3.8) is 0 Å². The second-order valence-corrected chi connectivity index (χ2v) is 22.7. The number of fused-ring (bicyclic) bond motifs is 1. The number of H-pyrrole nitrogens is 1. The highest BCUT2D eigenvalue weighted by Crippen LogP contribution is 2.54. The van der Waals surface area contributed by atoms with Crippen LogP contribution in [0.25, 0.3) is 11.0 Å². The van der Waals surface area contributed by atoms with Gasteiger partial charge in [0.25, 0.3) is 15.9 Å². The lowest BCUT2D eigenvalue weighted by molar-refractivity contribution is -0.384. The first-order chi connectivity index (χ1) is 31.7. The molecule has 1 spiro atoms. The van der Waals surface area contributed by atoms with Crippen molar-refractivity contribution in [1.29, 1.82) is 0 Å². The summed E-state index contributed by atoms with van der Waals surface area (Å²) < 4.78 is 48.8. The van der Waals surface area contributed by atoms with Gasteiger partial charge in [-0.05, 0) is 124 Å². The normalized spacial score (nSPS) is 24.8. The fourth-order valence-corrected chi connectivity index (χ4v) is 13.0. The maximum absolute atomic E-state index is 14.0. The molecule has 5 aromatic rings. The van der Waals surface area contributed by atoms with Crippen molar-refractivity contribution in [2.24, 2.45) is 11.3 Å². The second kappa shape index (κ2) is 17.7. The van der Waals surface area contributed by atoms with Crippen molar-refractivity contribution >= 4 is 55.0 Å². The molecule has 5 fully saturated rings. The molecular weight excluding hydrogens is 881 g/mol. The van der Waals surface area contributed by atoms with Crippen molar-refractivity contribution in [2.75, 3.05) is 47.9 Å². The molecule has 66 heavy (non-hydrogen) atoms. The molecule has 5 aliphatic rings. The summed E-state index contributed by atoms with van der Waals surface area (Å²) in [5.41, 5.74) is 3.18. The van der Waals surface area contributed by atoms with E-state index in [4.69, 9.17) is 4.74 Å². The number of hydrogen-bond donors (Lipinski definition) is 4. The van der Waals surface area contributed by atoms with E-state index in [1.807, 2.05) is 6.07 Å². The second-order valence-electron chi connectivity index (χ2n) is 19.4. The number of nitro groups is 1. The van der Waals surface area contributed by atoms with Crippen LogP contribution in [0.4, 0.5) is 17.2 Å². The van der Waals surface area contributed by atoms with Gasteiger partial charge in [0.1, 0.15) is 22.0 Å². The molecule has 1 unspecified atom stereocenters. The number of benzene rings is 2. The molecule has 348 valence electrons. The Kier molecular flexibility index (Phi) is 11.9. The molecule has 5 heterocycles. The van der Waals surface area contributed by atoms with E-state index >= 15 is 0 Å². The summed E-state index contributed by atoms with van der Waals surface area (Å²) in [7, 11) is -5.46. The Morgan fingerprint density at radius 2 is 1.74 bits per heavy atom. The summed E-state index contributed by atoms with van der Waals surface area (Å²) in [6, 6.07) is 19.0. The van der Waals surface area contributed by atoms with Crippen LogP contribution in [-0.4, -0.2) is 97.7 Å². The van der Waals surface area contributed by atoms with Crippen LogP contribution in [0, 0.1) is 21.4 Å². The summed E-state index contributed by atoms with van der Waals surface area (Å²) in [5, 5.41) is 26.2. The lowest BCUT2D eigenvalue weighted by atomic mass is 9.59. The molecule has 16 nitrogen and oxygen atoms in total. The van der Waals surface area contributed by atoms with E-state index in [9.17, 15) is 32.6 Å². The maximum Gasteiger partial charge on any atom is 0.312 e. The van der Waals surface area contributed by atoms with Crippen molar-refractivity contribution in [1.82, 2.24) is 24.6 Å². The van der Waals surface area contributed by atoms with Gasteiger partial charge in [-0.3, -0.25) is 24.0 Å². The molecule has 18 heteroatoms. The Balaban J connectivity index is 0.837. The molecule has 0 bridgehead atoms. The van der Waals surface area contributed by atoms with Crippen LogP contribution in [0.3, 0.4) is 0 Å². The molecule has 2 aromatic carbocycles. The van der Waals surface area contributed by atoms with E-state index in [1.54, 1.807) is 37.4 Å². The van der Waals surface area contributed by atoms with E-state index in [-0.39, 0.29) is 34.5 Å². The van der Waals surface area contributed by atoms with E-state index in [2.05, 4.69) is 59.1 Å². The first kappa shape index (κ1) is 44.4. The molecule has 3 aliphatic carbocycles. The van der Waals surface area contributed by atoms with Crippen LogP contribution in [-0.2, 0) is 20.8 Å². The first-order valence-corrected chi connectivity index (χ1v) is 26.1. The van der Waals surface area contributed by atoms with Gasteiger partial charge in [-0.15, -0.1) is 0 Å². The zero-order valence-corrected chi connectivity index (χ0v) is 38.6. The lowest BCUT2D eigenvalue weighted by Crippen LogP contribution is -2.58. The summed E-state index contributed by atoms with van der Waals surface area (Å²) >= 11 is 0. The molecular formula is C48H56N8O8S2. The van der Waals surface area contributed by atoms with E-state index in [1.165, 1.54) is 30.2 Å². The number of aliphatic hydroxyl groups is 1. The Morgan fingerprint density at radius 1 is 0.985 bits per heavy atom. The Labute approximate surface area is 386 Å². The topological polar surface area (TPSA) is 213 Å². The fraction of sp³-hybridized carbons (Fsp3) is 0.479. The van der Waals surface area contributed by atoms with Crippen LogP contribution in [0.2, 0.25) is 0 Å². The van der Waals surface area contributed by atoms with Gasteiger partial charge in [-0.25, -0.2) is 23.1 Å². The minimum absolute atomic E-state index is 0.0562. The van der Waals surface area contributed by atoms with Gasteiger partial charge in [0, 0.05) is 90.0 Å². The van der Waals surface area contributed by atoms with Crippen molar-refractivity contribution in [2.45, 2.75) is 99.6 Å². The third-order valence-corrected chi connectivity index (χ3v) is 17.4. The number of nitrogens with one attached hydrogen (secondary N) is 3. The number of anilines is 2. The highest BCUT2D eigenvalue weighted by atomic mass is 32.2. The number of carbonyl (C=O) groups is 1. The molecule has 2 atom stereocenters. The molecule has 10 rings (SSSR count). The highest BCUT2D eigenvalue weighted by molar-refractivity contribution is 7.90. The number of carbonyl (C=O) groups excluding carboxylic acids is 1. The van der Waals surface area contributed by atoms with Crippen LogP contribution >= 0.6 is 0 Å². The van der Waals surface area contributed by atoms with Crippen LogP contribution in [0.1, 0.15) is 105 Å². The summed E-state index contributed by atoms with van der Waals surface area (Å²) in [5.74, 6) is 1.60. The molecule has 3 saturated carbocycles. The van der Waals surface area contributed by atoms with Gasteiger partial charge in [-0.2, -0.15) is 0 Å². The smallest absolute Gasteiger partial charge is 0.312 e. The van der Waals surface area contributed by atoms with Crippen LogP contribution in [0.5, 0.6) is 11.5 Å². The number of piperidine rings is 1. The monoisotopic (exact) mass is 936 g/mol. The van der Waals surface area contributed by atoms with Gasteiger partial charge in [-0.1, -0.05) is 24.3 Å². The van der Waals surface area contributed by atoms with Gasteiger partial charge < -0.3 is 25.0 Å². The predicted molar refractivity (Wildman–Crippen MR) is 252 cm³/mol. The summed E-state index contributed by atoms with van der Waals surface area (Å²) in [6.07, 6.45) is 13.6. The van der Waals surface area contributed by atoms with Gasteiger partial charge in [0.2, 0.25) is 5.82 Å². The Morgan fingerprint density at radius 3 is 2.48 bits per heavy atom. The van der Waals surface area contributed by atoms with E-state index < -0.39 is 47.8 Å². The van der Waals surface area contributed by atoms with E-state index in [0.717, 1.165) is 87.2 Å². The molecule has 0 radical (unpaired) electrons. The molecule has 4 N–H and O–H groups in total. The molecule has 3 aromatic heterocycles. The molecule has 1 amide bonds. The number of sulfonamides is 1. The third kappa shape index (κ3) is 9.29. The molecule has 2 aliphatic heterocycles. The van der Waals surface area contributed by atoms with Gasteiger partial charge in [0.05, 0.1) is 28.5 Å². The largest absolute Gasteiger partial charge is 0.455 e. The standard InChI is InChI=1S/C48H56N8O8S2/c1-47(58)13-10-31(11-14-47)27-50-45-41(56(59)60)24-37(29-52-45)66(62,63)53-46(57)40-9-8-34(23-43(40)64-36-22-33-12-17-49-44(33)51-28-36)54-18-15-48(16-19-54)25-35(26-48)55-20-21-65(61)30-42(55)39-5-3-2-4-38(39)32-6-7-32/h2-5,8-9,12,17,22-24,28-29,31-32,35,42,58H,6-7,10-11,13-16,18-21,25-27,30H2,1H3,(H,49,51)(H,50,52)(H,53,57)/t31?,42-,47?,65?/m0/s1. The van der Waals surface area contributed by atoms with Crippen molar-refractivity contribution in [3.05, 3.63) is 106 Å². The number of ether oxygens (including phenoxy) is 1. The average Bonchev–Trinajstić information content (AvgIpc) is 4.04. The number of aromatic amines is 1. The predicted octanol–water partition coefficient (Wildman–Crippen LogP) is 7.56. The van der Waals surface area contributed by atoms with Gasteiger partial charge in [0.15, 0.2) is 0 Å². The summed E-state index contributed by atoms with van der Waals surface area (Å²) in [6.45, 7) is 4.61. The van der Waals surface area contributed by atoms with Gasteiger partial charge >= 0.3 is 5.69 Å². The zero-order chi connectivity index (χ0) is 45.8.